The smallest absolute Gasteiger partial charge is 0.308 e. The van der Waals surface area contributed by atoms with Crippen LogP contribution in [0.5, 0.6) is 0 Å². The van der Waals surface area contributed by atoms with Crippen LogP contribution in [0.4, 0.5) is 0 Å². The molecule has 44 heavy (non-hydrogen) atoms. The molecule has 1 aromatic carbocycles. The molecule has 0 radical (unpaired) electrons. The van der Waals surface area contributed by atoms with Gasteiger partial charge in [0.15, 0.2) is 11.9 Å². The standard InChI is InChI=1S/C35H47NO8/c1-19-26(39)17-24-31(42-21(3)37)30-20(2)27(44-28(40)18-25(36(8)9)23-13-11-10-12-14-23)15-16-35(30,7)33(41)32(43-22(4)38)29(19)34(24,5)6/h10-14,24-25,27,30-33,41H,2,15-18H2,1,3-9H3/t24-,25?,27?,30-,31?,32?,33?,35+/m0/s1. The lowest BCUT2D eigenvalue weighted by molar-refractivity contribution is -0.191. The Morgan fingerprint density at radius 2 is 1.66 bits per heavy atom. The Bertz CT molecular complexity index is 1350. The second-order valence-corrected chi connectivity index (χ2v) is 13.7. The fraction of sp³-hybridized carbons (Fsp3) is 0.600. The van der Waals surface area contributed by atoms with Crippen LogP contribution in [0.1, 0.15) is 78.8 Å². The molecule has 9 nitrogen and oxygen atoms in total. The van der Waals surface area contributed by atoms with Gasteiger partial charge in [-0.25, -0.2) is 0 Å². The number of hydrogen-bond acceptors (Lipinski definition) is 9. The molecule has 0 aromatic heterocycles. The minimum atomic E-state index is -1.25. The summed E-state index contributed by atoms with van der Waals surface area (Å²) in [5, 5.41) is 12.2. The molecule has 0 heterocycles. The molecule has 4 rings (SSSR count). The average Bonchev–Trinajstić information content (AvgIpc) is 2.93. The lowest BCUT2D eigenvalue weighted by Crippen LogP contribution is -2.63. The van der Waals surface area contributed by atoms with Crippen LogP contribution >= 0.6 is 0 Å². The van der Waals surface area contributed by atoms with Gasteiger partial charge in [-0.3, -0.25) is 19.2 Å². The summed E-state index contributed by atoms with van der Waals surface area (Å²) in [5.74, 6) is -2.85. The number of aliphatic hydroxyl groups is 1. The Labute approximate surface area is 260 Å². The number of allylic oxidation sites excluding steroid dienone is 1. The van der Waals surface area contributed by atoms with Crippen molar-refractivity contribution in [3.8, 4) is 0 Å². The highest BCUT2D eigenvalue weighted by Crippen LogP contribution is 2.60. The van der Waals surface area contributed by atoms with E-state index >= 15 is 0 Å². The Hall–Kier alpha value is -3.30. The predicted molar refractivity (Wildman–Crippen MR) is 164 cm³/mol. The molecule has 5 unspecified atom stereocenters. The van der Waals surface area contributed by atoms with Crippen LogP contribution in [-0.4, -0.2) is 72.2 Å². The van der Waals surface area contributed by atoms with Gasteiger partial charge in [0.05, 0.1) is 6.42 Å². The van der Waals surface area contributed by atoms with Crippen molar-refractivity contribution in [1.29, 1.82) is 0 Å². The monoisotopic (exact) mass is 609 g/mol. The lowest BCUT2D eigenvalue weighted by Gasteiger charge is -2.58. The lowest BCUT2D eigenvalue weighted by atomic mass is 9.49. The number of nitrogens with zero attached hydrogens (tertiary/aromatic N) is 1. The highest BCUT2D eigenvalue weighted by Gasteiger charge is 2.63. The van der Waals surface area contributed by atoms with Gasteiger partial charge in [0.1, 0.15) is 18.3 Å². The first-order valence-electron chi connectivity index (χ1n) is 15.4. The van der Waals surface area contributed by atoms with Crippen molar-refractivity contribution in [2.75, 3.05) is 14.1 Å². The van der Waals surface area contributed by atoms with Crippen LogP contribution in [0.25, 0.3) is 0 Å². The zero-order chi connectivity index (χ0) is 32.7. The Morgan fingerprint density at radius 1 is 1.05 bits per heavy atom. The van der Waals surface area contributed by atoms with Gasteiger partial charge < -0.3 is 24.2 Å². The van der Waals surface area contributed by atoms with Crippen LogP contribution in [-0.2, 0) is 33.4 Å². The van der Waals surface area contributed by atoms with Crippen LogP contribution in [0.2, 0.25) is 0 Å². The third-order valence-corrected chi connectivity index (χ3v) is 10.3. The van der Waals surface area contributed by atoms with Gasteiger partial charge in [-0.2, -0.15) is 0 Å². The van der Waals surface area contributed by atoms with E-state index in [2.05, 4.69) is 6.58 Å². The van der Waals surface area contributed by atoms with Crippen molar-refractivity contribution in [2.24, 2.45) is 22.7 Å². The Balaban J connectivity index is 1.75. The fourth-order valence-corrected chi connectivity index (χ4v) is 8.03. The molecule has 1 N–H and O–H groups in total. The summed E-state index contributed by atoms with van der Waals surface area (Å²) in [5.41, 5.74) is 0.722. The quantitative estimate of drug-likeness (QED) is 0.266. The maximum atomic E-state index is 13.4. The summed E-state index contributed by atoms with van der Waals surface area (Å²) in [7, 11) is 3.82. The van der Waals surface area contributed by atoms with Crippen molar-refractivity contribution in [2.45, 2.75) is 97.7 Å². The van der Waals surface area contributed by atoms with E-state index in [-0.39, 0.29) is 24.7 Å². The van der Waals surface area contributed by atoms with Crippen LogP contribution in [0, 0.1) is 22.7 Å². The van der Waals surface area contributed by atoms with Crippen LogP contribution in [0.15, 0.2) is 53.6 Å². The minimum Gasteiger partial charge on any atom is -0.462 e. The van der Waals surface area contributed by atoms with E-state index in [1.54, 1.807) is 6.92 Å². The number of esters is 3. The Morgan fingerprint density at radius 3 is 2.23 bits per heavy atom. The van der Waals surface area contributed by atoms with E-state index in [4.69, 9.17) is 14.2 Å². The number of fused-ring (bicyclic) bond motifs is 3. The molecule has 0 spiro atoms. The summed E-state index contributed by atoms with van der Waals surface area (Å²) in [4.78, 5) is 53.8. The van der Waals surface area contributed by atoms with Crippen molar-refractivity contribution in [3.63, 3.8) is 0 Å². The van der Waals surface area contributed by atoms with Gasteiger partial charge in [0.2, 0.25) is 0 Å². The Kier molecular flexibility index (Phi) is 9.62. The summed E-state index contributed by atoms with van der Waals surface area (Å²) < 4.78 is 18.0. The second kappa shape index (κ2) is 12.6. The third-order valence-electron chi connectivity index (χ3n) is 10.3. The predicted octanol–water partition coefficient (Wildman–Crippen LogP) is 4.73. The maximum absolute atomic E-state index is 13.4. The van der Waals surface area contributed by atoms with E-state index in [0.29, 0.717) is 29.6 Å². The van der Waals surface area contributed by atoms with E-state index < -0.39 is 65.0 Å². The van der Waals surface area contributed by atoms with E-state index in [9.17, 15) is 24.3 Å². The molecular weight excluding hydrogens is 562 g/mol. The van der Waals surface area contributed by atoms with Crippen molar-refractivity contribution in [1.82, 2.24) is 4.90 Å². The van der Waals surface area contributed by atoms with E-state index in [1.165, 1.54) is 13.8 Å². The number of carbonyl (C=O) groups excluding carboxylic acids is 4. The molecule has 0 amide bonds. The average molecular weight is 610 g/mol. The van der Waals surface area contributed by atoms with Gasteiger partial charge in [-0.15, -0.1) is 0 Å². The first-order valence-corrected chi connectivity index (χ1v) is 15.4. The summed E-state index contributed by atoms with van der Waals surface area (Å²) in [6, 6.07) is 9.53. The molecule has 2 fully saturated rings. The van der Waals surface area contributed by atoms with Crippen molar-refractivity contribution >= 4 is 23.7 Å². The molecule has 8 atom stereocenters. The second-order valence-electron chi connectivity index (χ2n) is 13.7. The third kappa shape index (κ3) is 6.13. The summed E-state index contributed by atoms with van der Waals surface area (Å²) in [6.07, 6.45) is -2.92. The van der Waals surface area contributed by atoms with Crippen LogP contribution < -0.4 is 0 Å². The number of carbonyl (C=O) groups is 4. The van der Waals surface area contributed by atoms with Gasteiger partial charge >= 0.3 is 17.9 Å². The summed E-state index contributed by atoms with van der Waals surface area (Å²) in [6.45, 7) is 14.4. The zero-order valence-electron chi connectivity index (χ0n) is 27.2. The number of Topliss-reactive ketones (excluding diaryl/α,β-unsaturated/α-hetero) is 1. The minimum absolute atomic E-state index is 0.106. The molecule has 0 aliphatic heterocycles. The highest BCUT2D eigenvalue weighted by atomic mass is 16.6. The molecule has 3 aliphatic rings. The fourth-order valence-electron chi connectivity index (χ4n) is 8.03. The molecule has 0 saturated heterocycles. The zero-order valence-corrected chi connectivity index (χ0v) is 27.2. The van der Waals surface area contributed by atoms with Gasteiger partial charge in [0, 0.05) is 43.6 Å². The van der Waals surface area contributed by atoms with Crippen molar-refractivity contribution in [3.05, 3.63) is 59.2 Å². The molecule has 2 saturated carbocycles. The first kappa shape index (κ1) is 33.6. The molecule has 9 heteroatoms. The number of ether oxygens (including phenoxy) is 3. The van der Waals surface area contributed by atoms with Gasteiger partial charge in [0.25, 0.3) is 0 Å². The van der Waals surface area contributed by atoms with E-state index in [0.717, 1.165) is 5.56 Å². The van der Waals surface area contributed by atoms with Crippen molar-refractivity contribution < 1.29 is 38.5 Å². The first-order chi connectivity index (χ1) is 20.5. The molecule has 1 aromatic rings. The normalized spacial score (nSPS) is 32.2. The molecular formula is C35H47NO8. The maximum Gasteiger partial charge on any atom is 0.308 e. The van der Waals surface area contributed by atoms with Gasteiger partial charge in [-0.05, 0) is 61.6 Å². The number of aliphatic hydroxyl groups excluding tert-OH is 1. The van der Waals surface area contributed by atoms with Crippen LogP contribution in [0.3, 0.4) is 0 Å². The number of benzene rings is 1. The topological polar surface area (TPSA) is 119 Å². The van der Waals surface area contributed by atoms with Gasteiger partial charge in [-0.1, -0.05) is 57.7 Å². The highest BCUT2D eigenvalue weighted by molar-refractivity contribution is 5.97. The molecule has 240 valence electrons. The number of ketones is 1. The molecule has 3 aliphatic carbocycles. The summed E-state index contributed by atoms with van der Waals surface area (Å²) >= 11 is 0. The van der Waals surface area contributed by atoms with E-state index in [1.807, 2.05) is 70.1 Å². The number of rotatable bonds is 7. The number of hydrogen-bond donors (Lipinski definition) is 1. The SMILES string of the molecule is C=C1C(OC(=O)CC(c2ccccc2)N(C)C)CC[C@@]2(C)C(O)C(OC(C)=O)C3=C(C)C(=O)C[C@@H](C(OC(C)=O)[C@H]12)C3(C)C. The largest absolute Gasteiger partial charge is 0.462 e. The molecule has 2 bridgehead atoms.